The highest BCUT2D eigenvalue weighted by atomic mass is 16.3. The van der Waals surface area contributed by atoms with Gasteiger partial charge in [-0.25, -0.2) is 4.68 Å². The second kappa shape index (κ2) is 5.66. The molecule has 0 radical (unpaired) electrons. The summed E-state index contributed by atoms with van der Waals surface area (Å²) in [6, 6.07) is 16.6. The SMILES string of the molecule is CN1C[C@H](CCO)[C@H](n2nnc3ccccc32)c2ccccc21. The van der Waals surface area contributed by atoms with Gasteiger partial charge in [-0.15, -0.1) is 5.10 Å². The van der Waals surface area contributed by atoms with Crippen LogP contribution in [-0.2, 0) is 0 Å². The van der Waals surface area contributed by atoms with Gasteiger partial charge in [0.1, 0.15) is 5.52 Å². The molecule has 0 aliphatic carbocycles. The van der Waals surface area contributed by atoms with Gasteiger partial charge in [-0.05, 0) is 24.6 Å². The van der Waals surface area contributed by atoms with Crippen molar-refractivity contribution in [3.05, 3.63) is 54.1 Å². The molecule has 5 nitrogen and oxygen atoms in total. The Balaban J connectivity index is 1.90. The van der Waals surface area contributed by atoms with Crippen molar-refractivity contribution >= 4 is 16.7 Å². The molecule has 0 amide bonds. The van der Waals surface area contributed by atoms with Gasteiger partial charge in [0.25, 0.3) is 0 Å². The molecule has 0 bridgehead atoms. The largest absolute Gasteiger partial charge is 0.396 e. The zero-order chi connectivity index (χ0) is 15.8. The number of rotatable bonds is 3. The summed E-state index contributed by atoms with van der Waals surface area (Å²) in [5.74, 6) is 0.296. The molecule has 3 aromatic rings. The fourth-order valence-electron chi connectivity index (χ4n) is 3.73. The van der Waals surface area contributed by atoms with Gasteiger partial charge in [-0.1, -0.05) is 35.5 Å². The molecule has 2 atom stereocenters. The van der Waals surface area contributed by atoms with Crippen molar-refractivity contribution < 1.29 is 5.11 Å². The van der Waals surface area contributed by atoms with E-state index in [0.29, 0.717) is 5.92 Å². The van der Waals surface area contributed by atoms with Crippen molar-refractivity contribution in [3.63, 3.8) is 0 Å². The van der Waals surface area contributed by atoms with Crippen LogP contribution in [0.25, 0.3) is 11.0 Å². The average Bonchev–Trinajstić information content (AvgIpc) is 2.99. The van der Waals surface area contributed by atoms with E-state index in [4.69, 9.17) is 0 Å². The number of nitrogens with zero attached hydrogens (tertiary/aromatic N) is 4. The van der Waals surface area contributed by atoms with Crippen molar-refractivity contribution in [1.29, 1.82) is 0 Å². The number of aliphatic hydroxyl groups is 1. The van der Waals surface area contributed by atoms with Gasteiger partial charge in [0.2, 0.25) is 0 Å². The van der Waals surface area contributed by atoms with Crippen LogP contribution in [-0.4, -0.2) is 40.3 Å². The molecule has 1 aromatic heterocycles. The number of benzene rings is 2. The van der Waals surface area contributed by atoms with Crippen molar-refractivity contribution in [1.82, 2.24) is 15.0 Å². The summed E-state index contributed by atoms with van der Waals surface area (Å²) in [5.41, 5.74) is 4.42. The van der Waals surface area contributed by atoms with Gasteiger partial charge in [0.15, 0.2) is 0 Å². The van der Waals surface area contributed by atoms with Gasteiger partial charge in [0, 0.05) is 37.4 Å². The predicted octanol–water partition coefficient (Wildman–Crippen LogP) is 2.47. The van der Waals surface area contributed by atoms with E-state index in [0.717, 1.165) is 24.0 Å². The first-order chi connectivity index (χ1) is 11.3. The average molecular weight is 308 g/mol. The second-order valence-electron chi connectivity index (χ2n) is 6.18. The molecule has 4 rings (SSSR count). The van der Waals surface area contributed by atoms with E-state index < -0.39 is 0 Å². The summed E-state index contributed by atoms with van der Waals surface area (Å²) in [6.07, 6.45) is 0.748. The van der Waals surface area contributed by atoms with Crippen LogP contribution in [0.3, 0.4) is 0 Å². The summed E-state index contributed by atoms with van der Waals surface area (Å²) in [7, 11) is 2.11. The van der Waals surface area contributed by atoms with Gasteiger partial charge >= 0.3 is 0 Å². The Hall–Kier alpha value is -2.40. The molecule has 0 spiro atoms. The molecule has 1 aliphatic heterocycles. The molecular formula is C18H20N4O. The van der Waals surface area contributed by atoms with E-state index in [9.17, 15) is 5.11 Å². The first-order valence-corrected chi connectivity index (χ1v) is 8.00. The lowest BCUT2D eigenvalue weighted by molar-refractivity contribution is 0.226. The summed E-state index contributed by atoms with van der Waals surface area (Å²) < 4.78 is 2.03. The van der Waals surface area contributed by atoms with Crippen molar-refractivity contribution in [2.75, 3.05) is 25.1 Å². The minimum Gasteiger partial charge on any atom is -0.396 e. The van der Waals surface area contributed by atoms with E-state index in [1.807, 2.05) is 22.9 Å². The third kappa shape index (κ3) is 2.28. The van der Waals surface area contributed by atoms with Crippen LogP contribution in [0.4, 0.5) is 5.69 Å². The molecule has 1 aliphatic rings. The molecule has 2 heterocycles. The number of aliphatic hydroxyl groups excluding tert-OH is 1. The molecule has 2 aromatic carbocycles. The smallest absolute Gasteiger partial charge is 0.113 e. The first-order valence-electron chi connectivity index (χ1n) is 8.00. The molecular weight excluding hydrogens is 288 g/mol. The number of anilines is 1. The fraction of sp³-hybridized carbons (Fsp3) is 0.333. The topological polar surface area (TPSA) is 54.2 Å². The first kappa shape index (κ1) is 14.2. The van der Waals surface area contributed by atoms with Crippen LogP contribution in [0, 0.1) is 5.92 Å². The molecule has 23 heavy (non-hydrogen) atoms. The molecule has 0 fully saturated rings. The molecule has 1 N–H and O–H groups in total. The number of hydrogen-bond donors (Lipinski definition) is 1. The lowest BCUT2D eigenvalue weighted by Gasteiger charge is -2.39. The molecule has 118 valence electrons. The summed E-state index contributed by atoms with van der Waals surface area (Å²) >= 11 is 0. The maximum atomic E-state index is 9.52. The number of hydrogen-bond acceptors (Lipinski definition) is 4. The van der Waals surface area contributed by atoms with Crippen LogP contribution < -0.4 is 4.90 Å². The van der Waals surface area contributed by atoms with Crippen molar-refractivity contribution in [3.8, 4) is 0 Å². The Labute approximate surface area is 135 Å². The van der Waals surface area contributed by atoms with E-state index in [1.165, 1.54) is 11.3 Å². The standard InChI is InChI=1S/C18H20N4O/c1-21-12-13(10-11-23)18(14-6-2-4-8-16(14)21)22-17-9-5-3-7-15(17)19-20-22/h2-9,13,18,23H,10-12H2,1H3/t13-,18-/m0/s1. The molecule has 0 saturated heterocycles. The highest BCUT2D eigenvalue weighted by Crippen LogP contribution is 2.40. The van der Waals surface area contributed by atoms with Crippen molar-refractivity contribution in [2.45, 2.75) is 12.5 Å². The zero-order valence-corrected chi connectivity index (χ0v) is 13.1. The number of aromatic nitrogens is 3. The predicted molar refractivity (Wildman–Crippen MR) is 90.6 cm³/mol. The highest BCUT2D eigenvalue weighted by Gasteiger charge is 2.34. The van der Waals surface area contributed by atoms with E-state index >= 15 is 0 Å². The maximum Gasteiger partial charge on any atom is 0.113 e. The van der Waals surface area contributed by atoms with Gasteiger partial charge < -0.3 is 10.0 Å². The normalized spacial score (nSPS) is 20.7. The second-order valence-corrected chi connectivity index (χ2v) is 6.18. The van der Waals surface area contributed by atoms with Crippen LogP contribution in [0.15, 0.2) is 48.5 Å². The lowest BCUT2D eigenvalue weighted by Crippen LogP contribution is -2.38. The Bertz CT molecular complexity index is 829. The Morgan fingerprint density at radius 1 is 1.13 bits per heavy atom. The van der Waals surface area contributed by atoms with Gasteiger partial charge in [0.05, 0.1) is 11.6 Å². The van der Waals surface area contributed by atoms with E-state index in [1.54, 1.807) is 0 Å². The molecule has 5 heteroatoms. The van der Waals surface area contributed by atoms with Crippen molar-refractivity contribution in [2.24, 2.45) is 5.92 Å². The Morgan fingerprint density at radius 3 is 2.78 bits per heavy atom. The van der Waals surface area contributed by atoms with Crippen LogP contribution in [0.1, 0.15) is 18.0 Å². The maximum absolute atomic E-state index is 9.52. The van der Waals surface area contributed by atoms with Crippen LogP contribution in [0.5, 0.6) is 0 Å². The molecule has 0 unspecified atom stereocenters. The fourth-order valence-corrected chi connectivity index (χ4v) is 3.73. The summed E-state index contributed by atoms with van der Waals surface area (Å²) in [5, 5.41) is 18.3. The lowest BCUT2D eigenvalue weighted by atomic mass is 9.85. The summed E-state index contributed by atoms with van der Waals surface area (Å²) in [6.45, 7) is 1.08. The minimum absolute atomic E-state index is 0.0990. The zero-order valence-electron chi connectivity index (χ0n) is 13.1. The number of fused-ring (bicyclic) bond motifs is 2. The third-order valence-electron chi connectivity index (χ3n) is 4.76. The van der Waals surface area contributed by atoms with Gasteiger partial charge in [-0.2, -0.15) is 0 Å². The Kier molecular flexibility index (Phi) is 3.50. The third-order valence-corrected chi connectivity index (χ3v) is 4.76. The van der Waals surface area contributed by atoms with Crippen LogP contribution in [0.2, 0.25) is 0 Å². The highest BCUT2D eigenvalue weighted by molar-refractivity contribution is 5.74. The van der Waals surface area contributed by atoms with E-state index in [-0.39, 0.29) is 12.6 Å². The minimum atomic E-state index is 0.0990. The quantitative estimate of drug-likeness (QED) is 0.807. The monoisotopic (exact) mass is 308 g/mol. The molecule has 0 saturated carbocycles. The van der Waals surface area contributed by atoms with E-state index in [2.05, 4.69) is 52.6 Å². The number of para-hydroxylation sites is 2. The van der Waals surface area contributed by atoms with Gasteiger partial charge in [-0.3, -0.25) is 0 Å². The Morgan fingerprint density at radius 2 is 1.91 bits per heavy atom. The summed E-state index contributed by atoms with van der Waals surface area (Å²) in [4.78, 5) is 2.27. The van der Waals surface area contributed by atoms with Crippen LogP contribution >= 0.6 is 0 Å².